The molecule has 2 rings (SSSR count). The zero-order chi connectivity index (χ0) is 12.1. The lowest BCUT2D eigenvalue weighted by Crippen LogP contribution is -2.27. The molecule has 0 spiro atoms. The Kier molecular flexibility index (Phi) is 4.34. The Hall–Kier alpha value is -1.13. The summed E-state index contributed by atoms with van der Waals surface area (Å²) in [5.41, 5.74) is 1.96. The van der Waals surface area contributed by atoms with E-state index in [-0.39, 0.29) is 11.8 Å². The van der Waals surface area contributed by atoms with E-state index in [0.717, 1.165) is 24.1 Å². The molecule has 4 heteroatoms. The molecule has 17 heavy (non-hydrogen) atoms. The van der Waals surface area contributed by atoms with Crippen LogP contribution in [-0.2, 0) is 11.3 Å². The maximum atomic E-state index is 9.98. The van der Waals surface area contributed by atoms with Crippen molar-refractivity contribution in [1.29, 1.82) is 0 Å². The van der Waals surface area contributed by atoms with E-state index in [1.807, 2.05) is 6.92 Å². The first-order chi connectivity index (χ1) is 8.33. The third kappa shape index (κ3) is 2.96. The Labute approximate surface area is 102 Å². The van der Waals surface area contributed by atoms with Crippen molar-refractivity contribution in [3.05, 3.63) is 23.5 Å². The van der Waals surface area contributed by atoms with Gasteiger partial charge in [-0.05, 0) is 26.3 Å². The van der Waals surface area contributed by atoms with E-state index in [1.165, 1.54) is 19.0 Å². The molecule has 1 aliphatic rings. The fourth-order valence-corrected chi connectivity index (χ4v) is 2.33. The molecular weight excluding hydrogens is 216 g/mol. The molecule has 0 radical (unpaired) electrons. The molecule has 1 unspecified atom stereocenters. The Bertz CT molecular complexity index is 362. The van der Waals surface area contributed by atoms with E-state index in [9.17, 15) is 5.11 Å². The van der Waals surface area contributed by atoms with Crippen LogP contribution in [0.25, 0.3) is 0 Å². The van der Waals surface area contributed by atoms with Gasteiger partial charge >= 0.3 is 0 Å². The minimum Gasteiger partial charge on any atom is -0.506 e. The van der Waals surface area contributed by atoms with Gasteiger partial charge in [0.25, 0.3) is 0 Å². The zero-order valence-electron chi connectivity index (χ0n) is 10.3. The summed E-state index contributed by atoms with van der Waals surface area (Å²) >= 11 is 0. The number of aromatic nitrogens is 1. The van der Waals surface area contributed by atoms with Crippen LogP contribution < -0.4 is 5.32 Å². The Morgan fingerprint density at radius 1 is 1.47 bits per heavy atom. The van der Waals surface area contributed by atoms with Crippen LogP contribution in [-0.4, -0.2) is 23.2 Å². The van der Waals surface area contributed by atoms with Gasteiger partial charge in [0.2, 0.25) is 0 Å². The molecule has 0 bridgehead atoms. The number of ether oxygens (including phenoxy) is 1. The molecule has 4 nitrogen and oxygen atoms in total. The monoisotopic (exact) mass is 236 g/mol. The topological polar surface area (TPSA) is 54.4 Å². The lowest BCUT2D eigenvalue weighted by molar-refractivity contribution is 0.132. The van der Waals surface area contributed by atoms with Crippen LogP contribution in [0.3, 0.4) is 0 Å². The maximum absolute atomic E-state index is 9.98. The fourth-order valence-electron chi connectivity index (χ4n) is 2.33. The second-order valence-corrected chi connectivity index (χ2v) is 4.37. The number of piperidine rings is 1. The summed E-state index contributed by atoms with van der Waals surface area (Å²) in [6.45, 7) is 4.17. The van der Waals surface area contributed by atoms with Gasteiger partial charge in [-0.1, -0.05) is 6.42 Å². The smallest absolute Gasteiger partial charge is 0.138 e. The molecule has 2 heterocycles. The number of hydrogen-bond acceptors (Lipinski definition) is 4. The lowest BCUT2D eigenvalue weighted by Gasteiger charge is -2.26. The first-order valence-electron chi connectivity index (χ1n) is 6.29. The van der Waals surface area contributed by atoms with Gasteiger partial charge in [0, 0.05) is 30.0 Å². The van der Waals surface area contributed by atoms with Crippen LogP contribution in [0.5, 0.6) is 5.75 Å². The summed E-state index contributed by atoms with van der Waals surface area (Å²) in [7, 11) is 0. The minimum absolute atomic E-state index is 0.238. The molecule has 1 saturated heterocycles. The van der Waals surface area contributed by atoms with Crippen molar-refractivity contribution in [2.24, 2.45) is 0 Å². The lowest BCUT2D eigenvalue weighted by atomic mass is 9.94. The highest BCUT2D eigenvalue weighted by Gasteiger charge is 2.21. The number of rotatable bonds is 4. The van der Waals surface area contributed by atoms with Crippen molar-refractivity contribution in [3.63, 3.8) is 0 Å². The normalized spacial score (nSPS) is 20.4. The second-order valence-electron chi connectivity index (χ2n) is 4.37. The van der Waals surface area contributed by atoms with Crippen molar-refractivity contribution in [1.82, 2.24) is 10.3 Å². The van der Waals surface area contributed by atoms with E-state index < -0.39 is 0 Å². The highest BCUT2D eigenvalue weighted by molar-refractivity contribution is 5.38. The second kappa shape index (κ2) is 5.98. The highest BCUT2D eigenvalue weighted by Crippen LogP contribution is 2.32. The molecule has 1 aromatic rings. The predicted octanol–water partition coefficient (Wildman–Crippen LogP) is 2.14. The largest absolute Gasteiger partial charge is 0.506 e. The Balaban J connectivity index is 2.22. The molecule has 0 amide bonds. The van der Waals surface area contributed by atoms with Crippen molar-refractivity contribution in [2.45, 2.75) is 38.8 Å². The fraction of sp³-hybridized carbons (Fsp3) is 0.615. The number of nitrogens with zero attached hydrogens (tertiary/aromatic N) is 1. The standard InChI is InChI=1S/C13H20N2O2/c1-2-17-9-10-7-14-8-12(16)13(10)11-5-3-4-6-15-11/h7-8,11,15-16H,2-6,9H2,1H3. The third-order valence-corrected chi connectivity index (χ3v) is 3.17. The summed E-state index contributed by atoms with van der Waals surface area (Å²) in [4.78, 5) is 4.03. The van der Waals surface area contributed by atoms with Crippen molar-refractivity contribution in [2.75, 3.05) is 13.2 Å². The van der Waals surface area contributed by atoms with Crippen molar-refractivity contribution < 1.29 is 9.84 Å². The Morgan fingerprint density at radius 2 is 2.35 bits per heavy atom. The highest BCUT2D eigenvalue weighted by atomic mass is 16.5. The average molecular weight is 236 g/mol. The Morgan fingerprint density at radius 3 is 3.06 bits per heavy atom. The van der Waals surface area contributed by atoms with Crippen molar-refractivity contribution >= 4 is 0 Å². The van der Waals surface area contributed by atoms with Crippen LogP contribution in [0.4, 0.5) is 0 Å². The molecule has 0 aliphatic carbocycles. The molecule has 0 saturated carbocycles. The summed E-state index contributed by atoms with van der Waals surface area (Å²) in [5.74, 6) is 0.279. The molecule has 1 aliphatic heterocycles. The molecule has 1 fully saturated rings. The summed E-state index contributed by atoms with van der Waals surface area (Å²) in [6.07, 6.45) is 6.79. The van der Waals surface area contributed by atoms with Gasteiger partial charge in [0.15, 0.2) is 0 Å². The zero-order valence-corrected chi connectivity index (χ0v) is 10.3. The van der Waals surface area contributed by atoms with Gasteiger partial charge in [0.1, 0.15) is 5.75 Å². The van der Waals surface area contributed by atoms with Gasteiger partial charge in [0.05, 0.1) is 12.8 Å². The van der Waals surface area contributed by atoms with Crippen LogP contribution in [0.1, 0.15) is 43.4 Å². The van der Waals surface area contributed by atoms with Gasteiger partial charge in [-0.15, -0.1) is 0 Å². The van der Waals surface area contributed by atoms with Crippen molar-refractivity contribution in [3.8, 4) is 5.75 Å². The third-order valence-electron chi connectivity index (χ3n) is 3.17. The van der Waals surface area contributed by atoms with Crippen LogP contribution in [0.15, 0.2) is 12.4 Å². The minimum atomic E-state index is 0.238. The molecular formula is C13H20N2O2. The molecule has 2 N–H and O–H groups in total. The number of pyridine rings is 1. The SMILES string of the molecule is CCOCc1cncc(O)c1C1CCCCN1. The van der Waals surface area contributed by atoms with Gasteiger partial charge < -0.3 is 15.2 Å². The van der Waals surface area contributed by atoms with Gasteiger partial charge in [-0.2, -0.15) is 0 Å². The van der Waals surface area contributed by atoms with Gasteiger partial charge in [-0.25, -0.2) is 0 Å². The van der Waals surface area contributed by atoms with E-state index in [1.54, 1.807) is 6.20 Å². The van der Waals surface area contributed by atoms with Crippen LogP contribution in [0.2, 0.25) is 0 Å². The number of hydrogen-bond donors (Lipinski definition) is 2. The van der Waals surface area contributed by atoms with Crippen LogP contribution in [0, 0.1) is 0 Å². The van der Waals surface area contributed by atoms with E-state index in [0.29, 0.717) is 13.2 Å². The molecule has 1 aromatic heterocycles. The average Bonchev–Trinajstić information content (AvgIpc) is 2.37. The predicted molar refractivity (Wildman–Crippen MR) is 65.8 cm³/mol. The number of nitrogens with one attached hydrogen (secondary N) is 1. The van der Waals surface area contributed by atoms with Crippen LogP contribution >= 0.6 is 0 Å². The van der Waals surface area contributed by atoms with Gasteiger partial charge in [-0.3, -0.25) is 4.98 Å². The first-order valence-corrected chi connectivity index (χ1v) is 6.29. The quantitative estimate of drug-likeness (QED) is 0.841. The van der Waals surface area contributed by atoms with E-state index in [4.69, 9.17) is 4.74 Å². The van der Waals surface area contributed by atoms with E-state index in [2.05, 4.69) is 10.3 Å². The maximum Gasteiger partial charge on any atom is 0.138 e. The molecule has 94 valence electrons. The molecule has 1 atom stereocenters. The first kappa shape index (κ1) is 12.3. The summed E-state index contributed by atoms with van der Waals surface area (Å²) in [5, 5.41) is 13.4. The summed E-state index contributed by atoms with van der Waals surface area (Å²) < 4.78 is 5.43. The summed E-state index contributed by atoms with van der Waals surface area (Å²) in [6, 6.07) is 0.238. The number of aromatic hydroxyl groups is 1. The molecule has 0 aromatic carbocycles. The van der Waals surface area contributed by atoms with E-state index >= 15 is 0 Å².